The Morgan fingerprint density at radius 3 is 2.60 bits per heavy atom. The molecular formula is C11H18O4. The maximum absolute atomic E-state index is 11.3. The van der Waals surface area contributed by atoms with Gasteiger partial charge in [-0.25, -0.2) is 4.79 Å². The monoisotopic (exact) mass is 214 g/mol. The average molecular weight is 214 g/mol. The van der Waals surface area contributed by atoms with Crippen molar-refractivity contribution >= 4 is 11.8 Å². The molecule has 1 aliphatic rings. The molecule has 1 saturated carbocycles. The summed E-state index contributed by atoms with van der Waals surface area (Å²) in [6.07, 6.45) is 2.09. The number of carbonyl (C=O) groups excluding carboxylic acids is 2. The highest BCUT2D eigenvalue weighted by atomic mass is 16.6. The molecular weight excluding hydrogens is 196 g/mol. The number of hydrogen-bond acceptors (Lipinski definition) is 4. The predicted octanol–water partition coefficient (Wildman–Crippen LogP) is 1.47. The van der Waals surface area contributed by atoms with Crippen molar-refractivity contribution in [2.75, 3.05) is 6.61 Å². The molecule has 1 unspecified atom stereocenters. The Morgan fingerprint density at radius 2 is 2.07 bits per heavy atom. The van der Waals surface area contributed by atoms with Gasteiger partial charge < -0.3 is 9.47 Å². The van der Waals surface area contributed by atoms with Gasteiger partial charge in [-0.2, -0.15) is 0 Å². The van der Waals surface area contributed by atoms with E-state index in [1.807, 2.05) is 0 Å². The quantitative estimate of drug-likeness (QED) is 0.665. The number of rotatable bonds is 4. The predicted molar refractivity (Wildman–Crippen MR) is 54.4 cm³/mol. The molecule has 1 aliphatic carbocycles. The van der Waals surface area contributed by atoms with Gasteiger partial charge in [-0.05, 0) is 26.7 Å². The highest BCUT2D eigenvalue weighted by Gasteiger charge is 2.24. The zero-order chi connectivity index (χ0) is 11.3. The van der Waals surface area contributed by atoms with E-state index < -0.39 is 6.10 Å². The van der Waals surface area contributed by atoms with Crippen LogP contribution in [0.15, 0.2) is 0 Å². The third-order valence-corrected chi connectivity index (χ3v) is 2.51. The van der Waals surface area contributed by atoms with Crippen molar-refractivity contribution in [3.63, 3.8) is 0 Å². The molecule has 0 aromatic heterocycles. The normalized spacial score (nSPS) is 20.0. The molecule has 0 aromatic carbocycles. The highest BCUT2D eigenvalue weighted by Crippen LogP contribution is 2.19. The molecule has 1 fully saturated rings. The van der Waals surface area contributed by atoms with Gasteiger partial charge in [0.25, 0.3) is 0 Å². The van der Waals surface area contributed by atoms with Crippen LogP contribution in [0.1, 0.15) is 39.5 Å². The van der Waals surface area contributed by atoms with Crippen molar-refractivity contribution in [2.45, 2.75) is 51.7 Å². The second kappa shape index (κ2) is 5.85. The highest BCUT2D eigenvalue weighted by molar-refractivity contribution is 5.79. The van der Waals surface area contributed by atoms with Gasteiger partial charge in [0, 0.05) is 12.8 Å². The van der Waals surface area contributed by atoms with E-state index in [0.717, 1.165) is 12.8 Å². The summed E-state index contributed by atoms with van der Waals surface area (Å²) in [5.74, 6) is -0.0342. The Hall–Kier alpha value is -0.900. The van der Waals surface area contributed by atoms with Crippen LogP contribution in [0.5, 0.6) is 0 Å². The lowest BCUT2D eigenvalue weighted by atomic mass is 9.96. The van der Waals surface area contributed by atoms with Crippen LogP contribution in [0.2, 0.25) is 0 Å². The fourth-order valence-electron chi connectivity index (χ4n) is 1.65. The van der Waals surface area contributed by atoms with Crippen molar-refractivity contribution in [3.05, 3.63) is 0 Å². The number of hydrogen-bond donors (Lipinski definition) is 0. The molecule has 0 spiro atoms. The summed E-state index contributed by atoms with van der Waals surface area (Å²) < 4.78 is 10.4. The zero-order valence-corrected chi connectivity index (χ0v) is 9.32. The second-order valence-corrected chi connectivity index (χ2v) is 3.77. The van der Waals surface area contributed by atoms with Crippen LogP contribution in [-0.4, -0.2) is 30.6 Å². The molecule has 0 bridgehead atoms. The van der Waals surface area contributed by atoms with E-state index in [1.54, 1.807) is 13.8 Å². The van der Waals surface area contributed by atoms with E-state index >= 15 is 0 Å². The van der Waals surface area contributed by atoms with E-state index in [0.29, 0.717) is 25.2 Å². The molecule has 0 aromatic rings. The Labute approximate surface area is 89.9 Å². The molecule has 1 atom stereocenters. The van der Waals surface area contributed by atoms with Crippen LogP contribution in [0, 0.1) is 0 Å². The van der Waals surface area contributed by atoms with Crippen molar-refractivity contribution in [1.29, 1.82) is 0 Å². The van der Waals surface area contributed by atoms with Gasteiger partial charge in [0.05, 0.1) is 12.7 Å². The molecule has 1 rings (SSSR count). The fourth-order valence-corrected chi connectivity index (χ4v) is 1.65. The topological polar surface area (TPSA) is 52.6 Å². The van der Waals surface area contributed by atoms with Crippen molar-refractivity contribution in [1.82, 2.24) is 0 Å². The Morgan fingerprint density at radius 1 is 1.47 bits per heavy atom. The molecule has 0 N–H and O–H groups in total. The first-order chi connectivity index (χ1) is 7.13. The first-order valence-corrected chi connectivity index (χ1v) is 5.47. The third kappa shape index (κ3) is 4.00. The summed E-state index contributed by atoms with van der Waals surface area (Å²) in [6, 6.07) is 0. The summed E-state index contributed by atoms with van der Waals surface area (Å²) >= 11 is 0. The lowest BCUT2D eigenvalue weighted by Gasteiger charge is -2.24. The Bertz CT molecular complexity index is 227. The maximum Gasteiger partial charge on any atom is 0.334 e. The third-order valence-electron chi connectivity index (χ3n) is 2.51. The van der Waals surface area contributed by atoms with Crippen LogP contribution in [0.25, 0.3) is 0 Å². The van der Waals surface area contributed by atoms with Gasteiger partial charge in [-0.3, -0.25) is 4.79 Å². The van der Waals surface area contributed by atoms with Gasteiger partial charge >= 0.3 is 5.97 Å². The average Bonchev–Trinajstić information content (AvgIpc) is 2.22. The summed E-state index contributed by atoms with van der Waals surface area (Å²) in [5, 5.41) is 0. The molecule has 15 heavy (non-hydrogen) atoms. The smallest absolute Gasteiger partial charge is 0.334 e. The molecule has 0 saturated heterocycles. The number of ketones is 1. The lowest BCUT2D eigenvalue weighted by molar-refractivity contribution is -0.160. The van der Waals surface area contributed by atoms with E-state index in [1.165, 1.54) is 0 Å². The molecule has 0 aliphatic heterocycles. The van der Waals surface area contributed by atoms with Crippen LogP contribution >= 0.6 is 0 Å². The van der Waals surface area contributed by atoms with E-state index in [-0.39, 0.29) is 12.1 Å². The Kier molecular flexibility index (Phi) is 4.75. The standard InChI is InChI=1S/C11H18O4/c1-3-14-11(13)8(2)15-10-6-4-9(12)5-7-10/h8,10H,3-7H2,1-2H3. The van der Waals surface area contributed by atoms with Gasteiger partial charge in [0.15, 0.2) is 6.10 Å². The molecule has 4 nitrogen and oxygen atoms in total. The van der Waals surface area contributed by atoms with E-state index in [4.69, 9.17) is 9.47 Å². The molecule has 86 valence electrons. The summed E-state index contributed by atoms with van der Waals surface area (Å²) in [7, 11) is 0. The molecule has 0 radical (unpaired) electrons. The molecule has 4 heteroatoms. The van der Waals surface area contributed by atoms with Crippen molar-refractivity contribution < 1.29 is 19.1 Å². The first kappa shape index (κ1) is 12.2. The maximum atomic E-state index is 11.3. The summed E-state index contributed by atoms with van der Waals surface area (Å²) in [5.41, 5.74) is 0. The molecule has 0 heterocycles. The van der Waals surface area contributed by atoms with E-state index in [2.05, 4.69) is 0 Å². The fraction of sp³-hybridized carbons (Fsp3) is 0.818. The summed E-state index contributed by atoms with van der Waals surface area (Å²) in [6.45, 7) is 3.83. The van der Waals surface area contributed by atoms with Crippen LogP contribution in [-0.2, 0) is 19.1 Å². The first-order valence-electron chi connectivity index (χ1n) is 5.47. The van der Waals surface area contributed by atoms with Crippen LogP contribution in [0.3, 0.4) is 0 Å². The molecule has 0 amide bonds. The van der Waals surface area contributed by atoms with Gasteiger partial charge in [0.2, 0.25) is 0 Å². The SMILES string of the molecule is CCOC(=O)C(C)OC1CCC(=O)CC1. The lowest BCUT2D eigenvalue weighted by Crippen LogP contribution is -2.31. The Balaban J connectivity index is 2.28. The van der Waals surface area contributed by atoms with Crippen molar-refractivity contribution in [2.24, 2.45) is 0 Å². The van der Waals surface area contributed by atoms with Gasteiger partial charge in [-0.15, -0.1) is 0 Å². The minimum atomic E-state index is -0.525. The van der Waals surface area contributed by atoms with Crippen LogP contribution < -0.4 is 0 Å². The van der Waals surface area contributed by atoms with Crippen LogP contribution in [0.4, 0.5) is 0 Å². The van der Waals surface area contributed by atoms with E-state index in [9.17, 15) is 9.59 Å². The van der Waals surface area contributed by atoms with Gasteiger partial charge in [-0.1, -0.05) is 0 Å². The van der Waals surface area contributed by atoms with Crippen molar-refractivity contribution in [3.8, 4) is 0 Å². The second-order valence-electron chi connectivity index (χ2n) is 3.77. The number of ether oxygens (including phenoxy) is 2. The zero-order valence-electron chi connectivity index (χ0n) is 9.32. The number of carbonyl (C=O) groups is 2. The number of Topliss-reactive ketones (excluding diaryl/α,β-unsaturated/α-hetero) is 1. The largest absolute Gasteiger partial charge is 0.464 e. The minimum Gasteiger partial charge on any atom is -0.464 e. The summed E-state index contributed by atoms with van der Waals surface area (Å²) in [4.78, 5) is 22.3. The van der Waals surface area contributed by atoms with Gasteiger partial charge in [0.1, 0.15) is 5.78 Å². The number of esters is 1. The minimum absolute atomic E-state index is 0.0297.